The van der Waals surface area contributed by atoms with Crippen LogP contribution in [0.5, 0.6) is 0 Å². The predicted octanol–water partition coefficient (Wildman–Crippen LogP) is 0.237. The van der Waals surface area contributed by atoms with Crippen molar-refractivity contribution in [3.8, 4) is 0 Å². The van der Waals surface area contributed by atoms with Gasteiger partial charge in [0, 0.05) is 5.92 Å². The first kappa shape index (κ1) is 6.54. The largest absolute Gasteiger partial charge is 0.352 e. The molecule has 4 heteroatoms. The molecule has 58 valence electrons. The van der Waals surface area contributed by atoms with Gasteiger partial charge in [-0.2, -0.15) is 0 Å². The Morgan fingerprint density at radius 3 is 3.10 bits per heavy atom. The number of hydrogen-bond acceptors (Lipinski definition) is 4. The summed E-state index contributed by atoms with van der Waals surface area (Å²) < 4.78 is 10.4. The molecule has 0 aliphatic carbocycles. The van der Waals surface area contributed by atoms with Gasteiger partial charge in [-0.25, -0.2) is 4.89 Å². The van der Waals surface area contributed by atoms with E-state index in [9.17, 15) is 0 Å². The Morgan fingerprint density at radius 1 is 1.40 bits per heavy atom. The zero-order valence-corrected chi connectivity index (χ0v) is 5.53. The summed E-state index contributed by atoms with van der Waals surface area (Å²) in [6.45, 7) is 1.17. The first-order chi connectivity index (χ1) is 4.92. The molecule has 3 unspecified atom stereocenters. The molecular weight excluding hydrogens is 136 g/mol. The van der Waals surface area contributed by atoms with E-state index in [1.54, 1.807) is 0 Å². The third-order valence-electron chi connectivity index (χ3n) is 2.12. The Kier molecular flexibility index (Phi) is 1.61. The minimum absolute atomic E-state index is 0.128. The second-order valence-corrected chi connectivity index (χ2v) is 2.67. The topological polar surface area (TPSA) is 47.9 Å². The van der Waals surface area contributed by atoms with Gasteiger partial charge in [0.1, 0.15) is 6.10 Å². The third-order valence-corrected chi connectivity index (χ3v) is 2.12. The van der Waals surface area contributed by atoms with Gasteiger partial charge in [-0.15, -0.1) is 0 Å². The molecule has 0 saturated carbocycles. The Morgan fingerprint density at radius 2 is 2.30 bits per heavy atom. The molecule has 0 aromatic carbocycles. The van der Waals surface area contributed by atoms with Crippen molar-refractivity contribution in [2.24, 2.45) is 5.92 Å². The van der Waals surface area contributed by atoms with Gasteiger partial charge >= 0.3 is 0 Å². The molecule has 10 heavy (non-hydrogen) atoms. The van der Waals surface area contributed by atoms with E-state index in [2.05, 4.69) is 4.89 Å². The van der Waals surface area contributed by atoms with Crippen molar-refractivity contribution in [1.82, 2.24) is 0 Å². The van der Waals surface area contributed by atoms with Crippen LogP contribution < -0.4 is 0 Å². The smallest absolute Gasteiger partial charge is 0.163 e. The Bertz CT molecular complexity index is 127. The maximum Gasteiger partial charge on any atom is 0.163 e. The van der Waals surface area contributed by atoms with Crippen LogP contribution in [0.2, 0.25) is 0 Å². The molecule has 0 aromatic rings. The first-order valence-electron chi connectivity index (χ1n) is 3.45. The average molecular weight is 146 g/mol. The highest BCUT2D eigenvalue weighted by Gasteiger charge is 2.42. The average Bonchev–Trinajstić information content (AvgIpc) is 2.44. The quantitative estimate of drug-likeness (QED) is 0.425. The summed E-state index contributed by atoms with van der Waals surface area (Å²) in [5.41, 5.74) is 0. The molecule has 2 heterocycles. The maximum atomic E-state index is 8.38. The van der Waals surface area contributed by atoms with Gasteiger partial charge in [0.05, 0.1) is 13.2 Å². The summed E-state index contributed by atoms with van der Waals surface area (Å²) in [6, 6.07) is 0. The Balaban J connectivity index is 2.01. The zero-order chi connectivity index (χ0) is 6.97. The second kappa shape index (κ2) is 2.47. The van der Waals surface area contributed by atoms with Crippen LogP contribution in [0.15, 0.2) is 0 Å². The fourth-order valence-electron chi connectivity index (χ4n) is 1.53. The SMILES string of the molecule is OOC1COC2OCCC12. The fourth-order valence-corrected chi connectivity index (χ4v) is 1.53. The molecule has 0 aromatic heterocycles. The molecule has 2 saturated heterocycles. The van der Waals surface area contributed by atoms with Crippen LogP contribution >= 0.6 is 0 Å². The molecule has 0 spiro atoms. The standard InChI is InChI=1S/C6H10O4/c7-10-5-3-9-6-4(5)1-2-8-6/h4-7H,1-3H2. The second-order valence-electron chi connectivity index (χ2n) is 2.67. The van der Waals surface area contributed by atoms with E-state index < -0.39 is 0 Å². The molecule has 0 radical (unpaired) electrons. The lowest BCUT2D eigenvalue weighted by Crippen LogP contribution is -2.21. The number of rotatable bonds is 1. The third kappa shape index (κ3) is 0.845. The number of ether oxygens (including phenoxy) is 2. The van der Waals surface area contributed by atoms with Crippen molar-refractivity contribution in [1.29, 1.82) is 0 Å². The van der Waals surface area contributed by atoms with Crippen LogP contribution in [0.25, 0.3) is 0 Å². The lowest BCUT2D eigenvalue weighted by Gasteiger charge is -2.09. The van der Waals surface area contributed by atoms with Crippen molar-refractivity contribution in [2.75, 3.05) is 13.2 Å². The lowest BCUT2D eigenvalue weighted by atomic mass is 10.0. The maximum absolute atomic E-state index is 8.38. The monoisotopic (exact) mass is 146 g/mol. The van der Waals surface area contributed by atoms with Gasteiger partial charge in [-0.3, -0.25) is 5.26 Å². The molecule has 2 aliphatic heterocycles. The highest BCUT2D eigenvalue weighted by molar-refractivity contribution is 4.82. The molecule has 0 bridgehead atoms. The highest BCUT2D eigenvalue weighted by Crippen LogP contribution is 2.32. The molecule has 2 aliphatic rings. The summed E-state index contributed by atoms with van der Waals surface area (Å²) in [5.74, 6) is 0.241. The molecular formula is C6H10O4. The van der Waals surface area contributed by atoms with Gasteiger partial charge in [0.2, 0.25) is 0 Å². The van der Waals surface area contributed by atoms with Gasteiger partial charge < -0.3 is 9.47 Å². The summed E-state index contributed by atoms with van der Waals surface area (Å²) in [6.07, 6.45) is 0.625. The summed E-state index contributed by atoms with van der Waals surface area (Å²) in [5, 5.41) is 8.38. The Labute approximate surface area is 58.6 Å². The highest BCUT2D eigenvalue weighted by atomic mass is 17.1. The van der Waals surface area contributed by atoms with Crippen LogP contribution in [0.3, 0.4) is 0 Å². The summed E-state index contributed by atoms with van der Waals surface area (Å²) >= 11 is 0. The number of hydrogen-bond donors (Lipinski definition) is 1. The van der Waals surface area contributed by atoms with Crippen molar-refractivity contribution < 1.29 is 19.6 Å². The van der Waals surface area contributed by atoms with E-state index in [0.717, 1.165) is 13.0 Å². The van der Waals surface area contributed by atoms with Crippen LogP contribution in [0.4, 0.5) is 0 Å². The minimum Gasteiger partial charge on any atom is -0.352 e. The van der Waals surface area contributed by atoms with Crippen LogP contribution in [-0.2, 0) is 14.4 Å². The minimum atomic E-state index is -0.174. The van der Waals surface area contributed by atoms with Gasteiger partial charge in [0.15, 0.2) is 6.29 Å². The molecule has 2 rings (SSSR count). The van der Waals surface area contributed by atoms with Crippen molar-refractivity contribution >= 4 is 0 Å². The molecule has 2 fully saturated rings. The molecule has 0 amide bonds. The van der Waals surface area contributed by atoms with Gasteiger partial charge in [-0.1, -0.05) is 0 Å². The normalized spacial score (nSPS) is 45.9. The van der Waals surface area contributed by atoms with Crippen molar-refractivity contribution in [3.05, 3.63) is 0 Å². The van der Waals surface area contributed by atoms with E-state index in [1.807, 2.05) is 0 Å². The van der Waals surface area contributed by atoms with Crippen LogP contribution in [0, 0.1) is 5.92 Å². The Hall–Kier alpha value is -0.160. The van der Waals surface area contributed by atoms with Crippen molar-refractivity contribution in [3.63, 3.8) is 0 Å². The van der Waals surface area contributed by atoms with E-state index >= 15 is 0 Å². The van der Waals surface area contributed by atoms with Gasteiger partial charge in [0.25, 0.3) is 0 Å². The van der Waals surface area contributed by atoms with Crippen LogP contribution in [0.1, 0.15) is 6.42 Å². The van der Waals surface area contributed by atoms with E-state index in [1.165, 1.54) is 0 Å². The van der Waals surface area contributed by atoms with Gasteiger partial charge in [-0.05, 0) is 6.42 Å². The molecule has 1 N–H and O–H groups in total. The zero-order valence-electron chi connectivity index (χ0n) is 5.53. The summed E-state index contributed by atoms with van der Waals surface area (Å²) in [4.78, 5) is 4.22. The first-order valence-corrected chi connectivity index (χ1v) is 3.45. The van der Waals surface area contributed by atoms with E-state index in [0.29, 0.717) is 6.61 Å². The van der Waals surface area contributed by atoms with Crippen LogP contribution in [-0.4, -0.2) is 30.9 Å². The summed E-state index contributed by atoms with van der Waals surface area (Å²) in [7, 11) is 0. The fraction of sp³-hybridized carbons (Fsp3) is 1.00. The predicted molar refractivity (Wildman–Crippen MR) is 31.3 cm³/mol. The van der Waals surface area contributed by atoms with E-state index in [-0.39, 0.29) is 18.3 Å². The lowest BCUT2D eigenvalue weighted by molar-refractivity contribution is -0.284. The van der Waals surface area contributed by atoms with Crippen molar-refractivity contribution in [2.45, 2.75) is 18.8 Å². The molecule has 3 atom stereocenters. The van der Waals surface area contributed by atoms with E-state index in [4.69, 9.17) is 14.7 Å². The molecule has 4 nitrogen and oxygen atoms in total. The number of fused-ring (bicyclic) bond motifs is 1.